The number of hydrogen-bond donors (Lipinski definition) is 0. The molecule has 0 heterocycles. The minimum atomic E-state index is -0.593. The van der Waals surface area contributed by atoms with Crippen molar-refractivity contribution in [1.82, 2.24) is 0 Å². The second-order valence-electron chi connectivity index (χ2n) is 16.3. The fraction of sp³-hybridized carbons (Fsp3) is 0.649. The predicted molar refractivity (Wildman–Crippen MR) is 269 cm³/mol. The molecule has 0 aliphatic carbocycles. The van der Waals surface area contributed by atoms with Crippen molar-refractivity contribution in [3.05, 3.63) is 109 Å². The molecule has 1 atom stereocenters. The van der Waals surface area contributed by atoms with E-state index in [1.54, 1.807) is 0 Å². The number of carbonyl (C=O) groups excluding carboxylic acids is 2. The Kier molecular flexibility index (Phi) is 49.0. The van der Waals surface area contributed by atoms with Crippen LogP contribution in [-0.4, -0.2) is 37.9 Å². The Bertz CT molecular complexity index is 1250. The Morgan fingerprint density at radius 3 is 1.24 bits per heavy atom. The van der Waals surface area contributed by atoms with Crippen LogP contribution in [0.15, 0.2) is 109 Å². The first-order valence-electron chi connectivity index (χ1n) is 25.4. The van der Waals surface area contributed by atoms with Gasteiger partial charge in [-0.05, 0) is 109 Å². The largest absolute Gasteiger partial charge is 0.462 e. The Morgan fingerprint density at radius 2 is 0.758 bits per heavy atom. The van der Waals surface area contributed by atoms with Gasteiger partial charge in [0.2, 0.25) is 0 Å². The van der Waals surface area contributed by atoms with Crippen LogP contribution in [0.1, 0.15) is 213 Å². The average Bonchev–Trinajstić information content (AvgIpc) is 3.27. The molecule has 1 unspecified atom stereocenters. The molecule has 0 spiro atoms. The highest BCUT2D eigenvalue weighted by atomic mass is 16.6. The van der Waals surface area contributed by atoms with Crippen molar-refractivity contribution in [2.24, 2.45) is 0 Å². The van der Waals surface area contributed by atoms with Gasteiger partial charge in [0.15, 0.2) is 6.10 Å². The van der Waals surface area contributed by atoms with Gasteiger partial charge < -0.3 is 14.2 Å². The number of hydrogen-bond acceptors (Lipinski definition) is 5. The Balaban J connectivity index is 4.41. The van der Waals surface area contributed by atoms with E-state index in [2.05, 4.69) is 124 Å². The molecule has 5 heteroatoms. The van der Waals surface area contributed by atoms with Gasteiger partial charge in [-0.2, -0.15) is 0 Å². The standard InChI is InChI=1S/C57H94O5/c1-4-7-10-13-16-19-22-25-27-29-30-33-35-38-41-44-47-50-56(58)61-54-55(62-57(59)51-48-45-42-39-36-32-24-21-18-15-12-9-6-3)53-60-52-49-46-43-40-37-34-31-28-26-23-20-17-14-11-8-5-2/h7,9-10,12,16,18-19,21,25-28,30,32-33,36,42,45,55H,4-6,8,11,13-15,17,20,22-24,29,31,34-35,37-41,43-44,46-54H2,1-3H3/b10-7-,12-9-,19-16-,21-18-,27-25-,28-26-,33-30-,36-32-,45-42-. The van der Waals surface area contributed by atoms with Gasteiger partial charge in [-0.3, -0.25) is 9.59 Å². The molecule has 0 aliphatic rings. The van der Waals surface area contributed by atoms with Crippen LogP contribution in [0.4, 0.5) is 0 Å². The van der Waals surface area contributed by atoms with Gasteiger partial charge >= 0.3 is 11.9 Å². The van der Waals surface area contributed by atoms with E-state index in [9.17, 15) is 9.59 Å². The quantitative estimate of drug-likeness (QED) is 0.0347. The smallest absolute Gasteiger partial charge is 0.306 e. The van der Waals surface area contributed by atoms with Crippen LogP contribution in [0.5, 0.6) is 0 Å². The van der Waals surface area contributed by atoms with Crippen LogP contribution in [0.3, 0.4) is 0 Å². The number of esters is 2. The molecule has 0 bridgehead atoms. The van der Waals surface area contributed by atoms with E-state index in [0.29, 0.717) is 19.4 Å². The molecule has 0 saturated heterocycles. The molecule has 0 fully saturated rings. The van der Waals surface area contributed by atoms with Gasteiger partial charge in [0.1, 0.15) is 6.61 Å². The average molecular weight is 859 g/mol. The molecular formula is C57H94O5. The molecule has 0 aliphatic heterocycles. The monoisotopic (exact) mass is 859 g/mol. The van der Waals surface area contributed by atoms with Crippen molar-refractivity contribution < 1.29 is 23.8 Å². The van der Waals surface area contributed by atoms with E-state index in [4.69, 9.17) is 14.2 Å². The first-order valence-corrected chi connectivity index (χ1v) is 25.4. The first-order chi connectivity index (χ1) is 30.6. The summed E-state index contributed by atoms with van der Waals surface area (Å²) in [5.41, 5.74) is 0. The fourth-order valence-corrected chi connectivity index (χ4v) is 6.57. The SMILES string of the molecule is CC/C=C\C/C=C\C/C=C\C/C=C\CCCCCCC(=O)OCC(COCCCCCCCC/C=C\CCCCCCCC)OC(=O)CC/C=C\C/C=C\C/C=C\C/C=C\CC. The van der Waals surface area contributed by atoms with Crippen LogP contribution in [0.25, 0.3) is 0 Å². The van der Waals surface area contributed by atoms with Crippen molar-refractivity contribution >= 4 is 11.9 Å². The number of allylic oxidation sites excluding steroid dienone is 18. The highest BCUT2D eigenvalue weighted by molar-refractivity contribution is 5.70. The Morgan fingerprint density at radius 1 is 0.371 bits per heavy atom. The van der Waals surface area contributed by atoms with E-state index in [0.717, 1.165) is 96.3 Å². The highest BCUT2D eigenvalue weighted by Crippen LogP contribution is 2.12. The summed E-state index contributed by atoms with van der Waals surface area (Å²) in [4.78, 5) is 25.3. The minimum absolute atomic E-state index is 0.0355. The van der Waals surface area contributed by atoms with Crippen molar-refractivity contribution in [3.8, 4) is 0 Å². The van der Waals surface area contributed by atoms with Crippen LogP contribution in [0, 0.1) is 0 Å². The van der Waals surface area contributed by atoms with Crippen molar-refractivity contribution in [2.75, 3.05) is 19.8 Å². The maximum absolute atomic E-state index is 12.7. The summed E-state index contributed by atoms with van der Waals surface area (Å²) < 4.78 is 17.3. The number of rotatable bonds is 45. The second kappa shape index (κ2) is 51.9. The summed E-state index contributed by atoms with van der Waals surface area (Å²) in [5, 5.41) is 0. The van der Waals surface area contributed by atoms with Gasteiger partial charge in [0.05, 0.1) is 6.61 Å². The molecule has 0 saturated carbocycles. The third-order valence-corrected chi connectivity index (χ3v) is 10.3. The lowest BCUT2D eigenvalue weighted by atomic mass is 10.1. The molecule has 0 aromatic heterocycles. The molecule has 0 aromatic carbocycles. The van der Waals surface area contributed by atoms with Gasteiger partial charge in [-0.1, -0.05) is 201 Å². The molecule has 62 heavy (non-hydrogen) atoms. The third kappa shape index (κ3) is 49.2. The van der Waals surface area contributed by atoms with Gasteiger partial charge in [-0.15, -0.1) is 0 Å². The van der Waals surface area contributed by atoms with E-state index in [1.807, 2.05) is 6.08 Å². The maximum atomic E-state index is 12.7. The summed E-state index contributed by atoms with van der Waals surface area (Å²) in [7, 11) is 0. The molecule has 0 N–H and O–H groups in total. The van der Waals surface area contributed by atoms with E-state index in [1.165, 1.54) is 77.0 Å². The van der Waals surface area contributed by atoms with Crippen molar-refractivity contribution in [1.29, 1.82) is 0 Å². The number of unbranched alkanes of at least 4 members (excludes halogenated alkanes) is 16. The molecule has 0 rings (SSSR count). The maximum Gasteiger partial charge on any atom is 0.306 e. The summed E-state index contributed by atoms with van der Waals surface area (Å²) in [5.74, 6) is -0.527. The molecular weight excluding hydrogens is 765 g/mol. The summed E-state index contributed by atoms with van der Waals surface area (Å²) in [6, 6.07) is 0. The first kappa shape index (κ1) is 58.6. The van der Waals surface area contributed by atoms with Gasteiger partial charge in [0.25, 0.3) is 0 Å². The Labute approximate surface area is 383 Å². The van der Waals surface area contributed by atoms with Crippen LogP contribution in [0.2, 0.25) is 0 Å². The zero-order chi connectivity index (χ0) is 44.9. The molecule has 0 amide bonds. The lowest BCUT2D eigenvalue weighted by molar-refractivity contribution is -0.162. The zero-order valence-electron chi connectivity index (χ0n) is 40.3. The van der Waals surface area contributed by atoms with Crippen LogP contribution < -0.4 is 0 Å². The summed E-state index contributed by atoms with van der Waals surface area (Å²) >= 11 is 0. The Hall–Kier alpha value is -3.44. The van der Waals surface area contributed by atoms with E-state index >= 15 is 0 Å². The molecule has 0 aromatic rings. The second-order valence-corrected chi connectivity index (χ2v) is 16.3. The normalized spacial score (nSPS) is 13.1. The number of ether oxygens (including phenoxy) is 3. The van der Waals surface area contributed by atoms with Crippen molar-refractivity contribution in [2.45, 2.75) is 219 Å². The van der Waals surface area contributed by atoms with Gasteiger partial charge in [0, 0.05) is 19.4 Å². The van der Waals surface area contributed by atoms with E-state index in [-0.39, 0.29) is 31.6 Å². The van der Waals surface area contributed by atoms with Crippen LogP contribution >= 0.6 is 0 Å². The zero-order valence-corrected chi connectivity index (χ0v) is 40.3. The lowest BCUT2D eigenvalue weighted by Gasteiger charge is -2.18. The minimum Gasteiger partial charge on any atom is -0.462 e. The van der Waals surface area contributed by atoms with Crippen LogP contribution in [-0.2, 0) is 23.8 Å². The summed E-state index contributed by atoms with van der Waals surface area (Å²) in [6.07, 6.45) is 71.1. The highest BCUT2D eigenvalue weighted by Gasteiger charge is 2.17. The molecule has 352 valence electrons. The molecule has 0 radical (unpaired) electrons. The van der Waals surface area contributed by atoms with Gasteiger partial charge in [-0.25, -0.2) is 0 Å². The fourth-order valence-electron chi connectivity index (χ4n) is 6.57. The number of carbonyl (C=O) groups is 2. The summed E-state index contributed by atoms with van der Waals surface area (Å²) in [6.45, 7) is 7.47. The van der Waals surface area contributed by atoms with Crippen molar-refractivity contribution in [3.63, 3.8) is 0 Å². The predicted octanol–water partition coefficient (Wildman–Crippen LogP) is 17.2. The van der Waals surface area contributed by atoms with E-state index < -0.39 is 6.10 Å². The molecule has 5 nitrogen and oxygen atoms in total. The topological polar surface area (TPSA) is 61.8 Å². The third-order valence-electron chi connectivity index (χ3n) is 10.3. The lowest BCUT2D eigenvalue weighted by Crippen LogP contribution is -2.30.